The van der Waals surface area contributed by atoms with E-state index in [-0.39, 0.29) is 5.91 Å². The Balaban J connectivity index is 2.25. The molecule has 1 fully saturated rings. The fourth-order valence-electron chi connectivity index (χ4n) is 2.00. The second-order valence-corrected chi connectivity index (χ2v) is 5.38. The smallest absolute Gasteiger partial charge is 0.348 e. The van der Waals surface area contributed by atoms with Crippen LogP contribution in [0.15, 0.2) is 0 Å². The number of thiophene rings is 1. The number of hydrogen-bond acceptors (Lipinski definition) is 6. The van der Waals surface area contributed by atoms with Crippen molar-refractivity contribution in [1.82, 2.24) is 0 Å². The first-order valence-electron chi connectivity index (χ1n) is 6.12. The molecule has 1 aromatic rings. The van der Waals surface area contributed by atoms with Gasteiger partial charge in [0.15, 0.2) is 0 Å². The molecule has 1 unspecified atom stereocenters. The normalized spacial score (nSPS) is 17.6. The van der Waals surface area contributed by atoms with Crippen molar-refractivity contribution in [2.24, 2.45) is 0 Å². The van der Waals surface area contributed by atoms with Crippen molar-refractivity contribution in [1.29, 1.82) is 5.26 Å². The van der Waals surface area contributed by atoms with E-state index in [2.05, 4.69) is 10.1 Å². The molecule has 1 saturated heterocycles. The van der Waals surface area contributed by atoms with Crippen molar-refractivity contribution in [3.63, 3.8) is 0 Å². The summed E-state index contributed by atoms with van der Waals surface area (Å²) in [6, 6.07) is 2.01. The molecular formula is C13H14N2O4S. The standard InChI is InChI=1S/C13H14N2O4S/c1-7-8(6-14)12(20-10(7)13(17)18-2)15-11(16)9-4-3-5-19-9/h9H,3-5H2,1-2H3,(H,15,16). The van der Waals surface area contributed by atoms with Gasteiger partial charge in [-0.25, -0.2) is 4.79 Å². The highest BCUT2D eigenvalue weighted by molar-refractivity contribution is 7.18. The summed E-state index contributed by atoms with van der Waals surface area (Å²) < 4.78 is 9.94. The number of ether oxygens (including phenoxy) is 2. The first kappa shape index (κ1) is 14.5. The Hall–Kier alpha value is -1.91. The first-order valence-corrected chi connectivity index (χ1v) is 6.94. The lowest BCUT2D eigenvalue weighted by Crippen LogP contribution is -2.26. The zero-order chi connectivity index (χ0) is 14.7. The van der Waals surface area contributed by atoms with Gasteiger partial charge >= 0.3 is 5.97 Å². The first-order chi connectivity index (χ1) is 9.58. The number of rotatable bonds is 3. The van der Waals surface area contributed by atoms with Crippen LogP contribution in [0.5, 0.6) is 0 Å². The summed E-state index contributed by atoms with van der Waals surface area (Å²) in [5.41, 5.74) is 0.814. The molecule has 20 heavy (non-hydrogen) atoms. The molecule has 0 aromatic carbocycles. The van der Waals surface area contributed by atoms with Gasteiger partial charge in [0.25, 0.3) is 5.91 Å². The van der Waals surface area contributed by atoms with Gasteiger partial charge in [0.05, 0.1) is 12.7 Å². The second kappa shape index (κ2) is 6.03. The van der Waals surface area contributed by atoms with Crippen molar-refractivity contribution in [3.8, 4) is 6.07 Å². The number of nitriles is 1. The van der Waals surface area contributed by atoms with Gasteiger partial charge in [-0.05, 0) is 25.3 Å². The van der Waals surface area contributed by atoms with Crippen LogP contribution < -0.4 is 5.32 Å². The highest BCUT2D eigenvalue weighted by atomic mass is 32.1. The Morgan fingerprint density at radius 2 is 2.30 bits per heavy atom. The molecule has 106 valence electrons. The van der Waals surface area contributed by atoms with Crippen molar-refractivity contribution in [3.05, 3.63) is 16.0 Å². The number of amides is 1. The predicted octanol–water partition coefficient (Wildman–Crippen LogP) is 1.83. The maximum atomic E-state index is 12.0. The third kappa shape index (κ3) is 2.66. The quantitative estimate of drug-likeness (QED) is 0.859. The molecule has 0 bridgehead atoms. The SMILES string of the molecule is COC(=O)c1sc(NC(=O)C2CCCO2)c(C#N)c1C. The Bertz CT molecular complexity index is 582. The van der Waals surface area contributed by atoms with Crippen LogP contribution in [0.3, 0.4) is 0 Å². The van der Waals surface area contributed by atoms with E-state index < -0.39 is 12.1 Å². The second-order valence-electron chi connectivity index (χ2n) is 4.35. The zero-order valence-electron chi connectivity index (χ0n) is 11.2. The van der Waals surface area contributed by atoms with Gasteiger partial charge in [0.1, 0.15) is 22.1 Å². The molecule has 6 nitrogen and oxygen atoms in total. The molecular weight excluding hydrogens is 280 g/mol. The van der Waals surface area contributed by atoms with Gasteiger partial charge in [-0.15, -0.1) is 11.3 Å². The molecule has 2 heterocycles. The van der Waals surface area contributed by atoms with Crippen molar-refractivity contribution >= 4 is 28.2 Å². The molecule has 0 spiro atoms. The van der Waals surface area contributed by atoms with Crippen molar-refractivity contribution in [2.45, 2.75) is 25.9 Å². The van der Waals surface area contributed by atoms with Gasteiger partial charge < -0.3 is 14.8 Å². The summed E-state index contributed by atoms with van der Waals surface area (Å²) in [7, 11) is 1.28. The van der Waals surface area contributed by atoms with Crippen LogP contribution in [0.4, 0.5) is 5.00 Å². The lowest BCUT2D eigenvalue weighted by atomic mass is 10.1. The van der Waals surface area contributed by atoms with Crippen LogP contribution >= 0.6 is 11.3 Å². The predicted molar refractivity (Wildman–Crippen MR) is 72.7 cm³/mol. The molecule has 1 atom stereocenters. The third-order valence-electron chi connectivity index (χ3n) is 3.09. The van der Waals surface area contributed by atoms with Crippen LogP contribution in [0.1, 0.15) is 33.6 Å². The van der Waals surface area contributed by atoms with Gasteiger partial charge in [-0.1, -0.05) is 0 Å². The monoisotopic (exact) mass is 294 g/mol. The maximum Gasteiger partial charge on any atom is 0.348 e. The van der Waals surface area contributed by atoms with E-state index >= 15 is 0 Å². The summed E-state index contributed by atoms with van der Waals surface area (Å²) in [6.07, 6.45) is 1.03. The van der Waals surface area contributed by atoms with E-state index in [4.69, 9.17) is 10.00 Å². The van der Waals surface area contributed by atoms with E-state index in [9.17, 15) is 9.59 Å². The van der Waals surface area contributed by atoms with Crippen LogP contribution in [-0.2, 0) is 14.3 Å². The van der Waals surface area contributed by atoms with Gasteiger partial charge in [0, 0.05) is 6.61 Å². The van der Waals surface area contributed by atoms with E-state index in [1.807, 2.05) is 6.07 Å². The number of nitrogens with one attached hydrogen (secondary N) is 1. The largest absolute Gasteiger partial charge is 0.465 e. The zero-order valence-corrected chi connectivity index (χ0v) is 12.0. The number of carbonyl (C=O) groups excluding carboxylic acids is 2. The summed E-state index contributed by atoms with van der Waals surface area (Å²) >= 11 is 1.05. The topological polar surface area (TPSA) is 88.4 Å². The summed E-state index contributed by atoms with van der Waals surface area (Å²) in [5, 5.41) is 12.2. The molecule has 0 radical (unpaired) electrons. The molecule has 1 aliphatic rings. The highest BCUT2D eigenvalue weighted by Gasteiger charge is 2.27. The molecule has 1 amide bonds. The maximum absolute atomic E-state index is 12.0. The van der Waals surface area contributed by atoms with E-state index in [0.717, 1.165) is 17.8 Å². The molecule has 7 heteroatoms. The lowest BCUT2D eigenvalue weighted by Gasteiger charge is -2.08. The summed E-state index contributed by atoms with van der Waals surface area (Å²) in [4.78, 5) is 23.9. The number of esters is 1. The number of anilines is 1. The van der Waals surface area contributed by atoms with Crippen molar-refractivity contribution < 1.29 is 19.1 Å². The Kier molecular flexibility index (Phi) is 4.37. The van der Waals surface area contributed by atoms with Crippen molar-refractivity contribution in [2.75, 3.05) is 19.0 Å². The van der Waals surface area contributed by atoms with Gasteiger partial charge in [-0.3, -0.25) is 4.79 Å². The Labute approximate surface area is 120 Å². The van der Waals surface area contributed by atoms with E-state index in [0.29, 0.717) is 34.0 Å². The number of nitrogens with zero attached hydrogens (tertiary/aromatic N) is 1. The lowest BCUT2D eigenvalue weighted by molar-refractivity contribution is -0.124. The number of methoxy groups -OCH3 is 1. The number of hydrogen-bond donors (Lipinski definition) is 1. The Morgan fingerprint density at radius 1 is 1.55 bits per heavy atom. The molecule has 0 saturated carbocycles. The molecule has 1 N–H and O–H groups in total. The Morgan fingerprint density at radius 3 is 2.85 bits per heavy atom. The average molecular weight is 294 g/mol. The van der Waals surface area contributed by atoms with Crippen LogP contribution in [0, 0.1) is 18.3 Å². The highest BCUT2D eigenvalue weighted by Crippen LogP contribution is 2.33. The molecule has 0 aliphatic carbocycles. The minimum atomic E-state index is -0.512. The third-order valence-corrected chi connectivity index (χ3v) is 4.28. The minimum Gasteiger partial charge on any atom is -0.465 e. The fourth-order valence-corrected chi connectivity index (χ4v) is 3.08. The fraction of sp³-hybridized carbons (Fsp3) is 0.462. The van der Waals surface area contributed by atoms with Gasteiger partial charge in [0.2, 0.25) is 0 Å². The molecule has 1 aliphatic heterocycles. The van der Waals surface area contributed by atoms with Crippen LogP contribution in [-0.4, -0.2) is 31.7 Å². The van der Waals surface area contributed by atoms with Crippen LogP contribution in [0.2, 0.25) is 0 Å². The summed E-state index contributed by atoms with van der Waals surface area (Å²) in [6.45, 7) is 2.23. The average Bonchev–Trinajstić information content (AvgIpc) is 3.06. The summed E-state index contributed by atoms with van der Waals surface area (Å²) in [5.74, 6) is -0.793. The number of carbonyl (C=O) groups is 2. The van der Waals surface area contributed by atoms with Crippen LogP contribution in [0.25, 0.3) is 0 Å². The minimum absolute atomic E-state index is 0.281. The van der Waals surface area contributed by atoms with E-state index in [1.165, 1.54) is 7.11 Å². The van der Waals surface area contributed by atoms with Gasteiger partial charge in [-0.2, -0.15) is 5.26 Å². The molecule has 2 rings (SSSR count). The van der Waals surface area contributed by atoms with E-state index in [1.54, 1.807) is 6.92 Å². The molecule has 1 aromatic heterocycles.